The van der Waals surface area contributed by atoms with E-state index >= 15 is 0 Å². The number of nitrogens with zero attached hydrogens (tertiary/aromatic N) is 3. The minimum atomic E-state index is 0.205. The smallest absolute Gasteiger partial charge is 0.137 e. The maximum atomic E-state index is 9.51. The molecule has 2 N–H and O–H groups in total. The molecule has 104 valence electrons. The SMILES string of the molecule is CNc1nc(C2CC2)nc(N2CCCC2CO)c1C. The fourth-order valence-electron chi connectivity index (χ4n) is 2.87. The Morgan fingerprint density at radius 2 is 2.11 bits per heavy atom. The molecule has 0 amide bonds. The summed E-state index contributed by atoms with van der Waals surface area (Å²) in [5.74, 6) is 3.45. The summed E-state index contributed by atoms with van der Waals surface area (Å²) in [6.45, 7) is 3.25. The first-order chi connectivity index (χ1) is 9.24. The molecule has 0 radical (unpaired) electrons. The summed E-state index contributed by atoms with van der Waals surface area (Å²) in [5.41, 5.74) is 1.09. The lowest BCUT2D eigenvalue weighted by Crippen LogP contribution is -2.33. The quantitative estimate of drug-likeness (QED) is 0.864. The van der Waals surface area contributed by atoms with Gasteiger partial charge in [0.25, 0.3) is 0 Å². The lowest BCUT2D eigenvalue weighted by Gasteiger charge is -2.26. The second kappa shape index (κ2) is 4.96. The van der Waals surface area contributed by atoms with Crippen LogP contribution in [0.1, 0.15) is 43.0 Å². The van der Waals surface area contributed by atoms with Gasteiger partial charge in [0.05, 0.1) is 12.6 Å². The zero-order valence-corrected chi connectivity index (χ0v) is 11.7. The fourth-order valence-corrected chi connectivity index (χ4v) is 2.87. The molecule has 2 aliphatic rings. The van der Waals surface area contributed by atoms with E-state index in [4.69, 9.17) is 4.98 Å². The first-order valence-electron chi connectivity index (χ1n) is 7.18. The highest BCUT2D eigenvalue weighted by atomic mass is 16.3. The van der Waals surface area contributed by atoms with E-state index in [0.717, 1.165) is 42.4 Å². The highest BCUT2D eigenvalue weighted by Gasteiger charge is 2.31. The van der Waals surface area contributed by atoms with E-state index in [-0.39, 0.29) is 12.6 Å². The molecule has 1 saturated carbocycles. The molecule has 19 heavy (non-hydrogen) atoms. The van der Waals surface area contributed by atoms with Gasteiger partial charge < -0.3 is 15.3 Å². The zero-order chi connectivity index (χ0) is 13.4. The van der Waals surface area contributed by atoms with Gasteiger partial charge in [-0.2, -0.15) is 0 Å². The van der Waals surface area contributed by atoms with Crippen LogP contribution in [0.15, 0.2) is 0 Å². The summed E-state index contributed by atoms with van der Waals surface area (Å²) in [6.07, 6.45) is 4.58. The number of aliphatic hydroxyl groups is 1. The topological polar surface area (TPSA) is 61.3 Å². The molecule has 1 aromatic rings. The van der Waals surface area contributed by atoms with Gasteiger partial charge in [0, 0.05) is 25.1 Å². The van der Waals surface area contributed by atoms with Crippen molar-refractivity contribution >= 4 is 11.6 Å². The molecule has 0 aromatic carbocycles. The molecule has 3 rings (SSSR count). The molecule has 1 aliphatic carbocycles. The third kappa shape index (κ3) is 2.27. The second-order valence-electron chi connectivity index (χ2n) is 5.58. The summed E-state index contributed by atoms with van der Waals surface area (Å²) in [7, 11) is 1.91. The van der Waals surface area contributed by atoms with Crippen molar-refractivity contribution in [1.82, 2.24) is 9.97 Å². The summed E-state index contributed by atoms with van der Waals surface area (Å²) in [4.78, 5) is 11.7. The van der Waals surface area contributed by atoms with Crippen molar-refractivity contribution in [3.05, 3.63) is 11.4 Å². The van der Waals surface area contributed by atoms with E-state index < -0.39 is 0 Å². The molecule has 1 unspecified atom stereocenters. The van der Waals surface area contributed by atoms with Gasteiger partial charge in [0.15, 0.2) is 0 Å². The van der Waals surface area contributed by atoms with Crippen LogP contribution in [0.3, 0.4) is 0 Å². The van der Waals surface area contributed by atoms with Gasteiger partial charge in [0.1, 0.15) is 17.5 Å². The normalized spacial score (nSPS) is 22.9. The Bertz CT molecular complexity index is 473. The maximum Gasteiger partial charge on any atom is 0.137 e. The van der Waals surface area contributed by atoms with Crippen LogP contribution in [-0.2, 0) is 0 Å². The summed E-state index contributed by atoms with van der Waals surface area (Å²) in [6, 6.07) is 0.213. The second-order valence-corrected chi connectivity index (χ2v) is 5.58. The number of hydrogen-bond acceptors (Lipinski definition) is 5. The highest BCUT2D eigenvalue weighted by molar-refractivity contribution is 5.59. The van der Waals surface area contributed by atoms with Gasteiger partial charge >= 0.3 is 0 Å². The molecular formula is C14H22N4O. The van der Waals surface area contributed by atoms with Gasteiger partial charge in [-0.05, 0) is 32.6 Å². The van der Waals surface area contributed by atoms with Crippen LogP contribution in [0.25, 0.3) is 0 Å². The highest BCUT2D eigenvalue weighted by Crippen LogP contribution is 2.40. The van der Waals surface area contributed by atoms with Gasteiger partial charge in [-0.1, -0.05) is 0 Å². The average molecular weight is 262 g/mol. The summed E-state index contributed by atoms with van der Waals surface area (Å²) >= 11 is 0. The van der Waals surface area contributed by atoms with Crippen LogP contribution >= 0.6 is 0 Å². The molecule has 2 fully saturated rings. The number of rotatable bonds is 4. The van der Waals surface area contributed by atoms with Crippen molar-refractivity contribution in [2.24, 2.45) is 0 Å². The van der Waals surface area contributed by atoms with Crippen LogP contribution in [0.5, 0.6) is 0 Å². The van der Waals surface area contributed by atoms with Crippen molar-refractivity contribution in [2.45, 2.75) is 44.6 Å². The molecule has 1 aliphatic heterocycles. The Hall–Kier alpha value is -1.36. The number of aliphatic hydroxyl groups excluding tert-OH is 1. The number of aromatic nitrogens is 2. The molecular weight excluding hydrogens is 240 g/mol. The summed E-state index contributed by atoms with van der Waals surface area (Å²) < 4.78 is 0. The van der Waals surface area contributed by atoms with E-state index in [0.29, 0.717) is 5.92 Å². The van der Waals surface area contributed by atoms with E-state index in [1.807, 2.05) is 7.05 Å². The molecule has 1 atom stereocenters. The molecule has 2 heterocycles. The Kier molecular flexibility index (Phi) is 3.31. The van der Waals surface area contributed by atoms with E-state index in [1.165, 1.54) is 12.8 Å². The molecule has 5 nitrogen and oxygen atoms in total. The van der Waals surface area contributed by atoms with Crippen LogP contribution < -0.4 is 10.2 Å². The zero-order valence-electron chi connectivity index (χ0n) is 11.7. The van der Waals surface area contributed by atoms with Crippen LogP contribution in [0, 0.1) is 6.92 Å². The largest absolute Gasteiger partial charge is 0.394 e. The van der Waals surface area contributed by atoms with Gasteiger partial charge in [-0.15, -0.1) is 0 Å². The predicted octanol–water partition coefficient (Wildman–Crippen LogP) is 1.67. The van der Waals surface area contributed by atoms with Crippen molar-refractivity contribution < 1.29 is 5.11 Å². The third-order valence-corrected chi connectivity index (χ3v) is 4.18. The van der Waals surface area contributed by atoms with Gasteiger partial charge in [0.2, 0.25) is 0 Å². The summed E-state index contributed by atoms with van der Waals surface area (Å²) in [5, 5.41) is 12.7. The lowest BCUT2D eigenvalue weighted by atomic mass is 10.2. The number of nitrogens with one attached hydrogen (secondary N) is 1. The Balaban J connectivity index is 2.00. The predicted molar refractivity (Wildman–Crippen MR) is 75.7 cm³/mol. The monoisotopic (exact) mass is 262 g/mol. The Morgan fingerprint density at radius 1 is 1.32 bits per heavy atom. The molecule has 0 spiro atoms. The number of hydrogen-bond donors (Lipinski definition) is 2. The fraction of sp³-hybridized carbons (Fsp3) is 0.714. The lowest BCUT2D eigenvalue weighted by molar-refractivity contribution is 0.266. The van der Waals surface area contributed by atoms with Crippen molar-refractivity contribution in [2.75, 3.05) is 30.4 Å². The maximum absolute atomic E-state index is 9.51. The Morgan fingerprint density at radius 3 is 2.74 bits per heavy atom. The van der Waals surface area contributed by atoms with Gasteiger partial charge in [-0.3, -0.25) is 0 Å². The van der Waals surface area contributed by atoms with Crippen molar-refractivity contribution in [3.8, 4) is 0 Å². The molecule has 5 heteroatoms. The first-order valence-corrected chi connectivity index (χ1v) is 7.18. The minimum absolute atomic E-state index is 0.205. The van der Waals surface area contributed by atoms with Crippen molar-refractivity contribution in [3.63, 3.8) is 0 Å². The van der Waals surface area contributed by atoms with E-state index in [2.05, 4.69) is 22.1 Å². The van der Waals surface area contributed by atoms with Crippen molar-refractivity contribution in [1.29, 1.82) is 0 Å². The van der Waals surface area contributed by atoms with E-state index in [1.54, 1.807) is 0 Å². The van der Waals surface area contributed by atoms with Crippen LogP contribution in [0.4, 0.5) is 11.6 Å². The number of anilines is 2. The minimum Gasteiger partial charge on any atom is -0.394 e. The Labute approximate surface area is 114 Å². The third-order valence-electron chi connectivity index (χ3n) is 4.18. The average Bonchev–Trinajstić information content (AvgIpc) is 3.17. The molecule has 1 aromatic heterocycles. The standard InChI is InChI=1S/C14H22N4O/c1-9-12(15-2)16-13(10-5-6-10)17-14(9)18-7-3-4-11(18)8-19/h10-11,19H,3-8H2,1-2H3,(H,15,16,17). The molecule has 1 saturated heterocycles. The van der Waals surface area contributed by atoms with Crippen LogP contribution in [0.2, 0.25) is 0 Å². The first kappa shape index (κ1) is 12.7. The molecule has 0 bridgehead atoms. The van der Waals surface area contributed by atoms with Crippen LogP contribution in [-0.4, -0.2) is 41.3 Å². The van der Waals surface area contributed by atoms with Gasteiger partial charge in [-0.25, -0.2) is 9.97 Å². The van der Waals surface area contributed by atoms with E-state index in [9.17, 15) is 5.11 Å².